The molecule has 0 radical (unpaired) electrons. The van der Waals surface area contributed by atoms with E-state index in [1.807, 2.05) is 50.2 Å². The molecule has 0 saturated heterocycles. The van der Waals surface area contributed by atoms with Gasteiger partial charge < -0.3 is 23.5 Å². The summed E-state index contributed by atoms with van der Waals surface area (Å²) in [6, 6.07) is 18.2. The number of carbonyl (C=O) groups excluding carboxylic acids is 1. The fraction of sp³-hybridized carbons (Fsp3) is 0.267. The van der Waals surface area contributed by atoms with Crippen molar-refractivity contribution in [3.63, 3.8) is 0 Å². The lowest BCUT2D eigenvalue weighted by molar-refractivity contribution is 0.0585. The Bertz CT molecular complexity index is 1520. The van der Waals surface area contributed by atoms with Gasteiger partial charge in [0, 0.05) is 11.9 Å². The highest BCUT2D eigenvalue weighted by molar-refractivity contribution is 5.97. The molecule has 4 aromatic rings. The Labute approximate surface area is 215 Å². The molecule has 0 aliphatic carbocycles. The summed E-state index contributed by atoms with van der Waals surface area (Å²) in [5, 5.41) is 0.692. The molecule has 2 heterocycles. The van der Waals surface area contributed by atoms with Crippen LogP contribution in [-0.4, -0.2) is 38.2 Å². The molecule has 7 heteroatoms. The van der Waals surface area contributed by atoms with Crippen molar-refractivity contribution in [3.8, 4) is 17.2 Å². The van der Waals surface area contributed by atoms with E-state index < -0.39 is 17.6 Å². The van der Waals surface area contributed by atoms with Gasteiger partial charge in [-0.15, -0.1) is 0 Å². The Kier molecular flexibility index (Phi) is 6.61. The van der Waals surface area contributed by atoms with Crippen molar-refractivity contribution >= 4 is 16.9 Å². The van der Waals surface area contributed by atoms with Gasteiger partial charge in [0.15, 0.2) is 11.5 Å². The number of fused-ring (bicyclic) bond motifs is 2. The van der Waals surface area contributed by atoms with Gasteiger partial charge in [-0.1, -0.05) is 24.3 Å². The van der Waals surface area contributed by atoms with E-state index in [1.54, 1.807) is 37.3 Å². The van der Waals surface area contributed by atoms with Gasteiger partial charge in [0.05, 0.1) is 20.3 Å². The second-order valence-corrected chi connectivity index (χ2v) is 9.29. The third-order valence-corrected chi connectivity index (χ3v) is 6.74. The van der Waals surface area contributed by atoms with Gasteiger partial charge in [-0.2, -0.15) is 0 Å². The highest BCUT2D eigenvalue weighted by atomic mass is 16.5. The number of amides is 1. The summed E-state index contributed by atoms with van der Waals surface area (Å²) >= 11 is 0. The maximum absolute atomic E-state index is 13.8. The van der Waals surface area contributed by atoms with Crippen LogP contribution < -0.4 is 19.8 Å². The number of hydrogen-bond acceptors (Lipinski definition) is 6. The largest absolute Gasteiger partial charge is 0.493 e. The Balaban J connectivity index is 1.56. The van der Waals surface area contributed by atoms with Crippen LogP contribution in [0.2, 0.25) is 0 Å². The lowest BCUT2D eigenvalue weighted by atomic mass is 9.91. The molecule has 0 fully saturated rings. The molecule has 3 aromatic carbocycles. The van der Waals surface area contributed by atoms with E-state index >= 15 is 0 Å². The third kappa shape index (κ3) is 4.77. The first kappa shape index (κ1) is 24.4. The van der Waals surface area contributed by atoms with E-state index in [2.05, 4.69) is 6.07 Å². The van der Waals surface area contributed by atoms with E-state index in [-0.39, 0.29) is 12.2 Å². The van der Waals surface area contributed by atoms with Gasteiger partial charge in [-0.05, 0) is 78.9 Å². The van der Waals surface area contributed by atoms with Crippen LogP contribution in [0.3, 0.4) is 0 Å². The number of aryl methyl sites for hydroxylation is 2. The second-order valence-electron chi connectivity index (χ2n) is 9.29. The van der Waals surface area contributed by atoms with Crippen LogP contribution in [0.5, 0.6) is 17.2 Å². The summed E-state index contributed by atoms with van der Waals surface area (Å²) in [5.74, 6) is 1.53. The van der Waals surface area contributed by atoms with Crippen molar-refractivity contribution in [3.05, 3.63) is 98.9 Å². The zero-order chi connectivity index (χ0) is 26.1. The molecule has 1 aromatic heterocycles. The molecular formula is C30H29NO6. The lowest BCUT2D eigenvalue weighted by Gasteiger charge is -2.37. The first-order chi connectivity index (χ1) is 17.9. The molecule has 0 saturated carbocycles. The van der Waals surface area contributed by atoms with Crippen molar-refractivity contribution in [1.29, 1.82) is 0 Å². The number of para-hydroxylation sites is 1. The van der Waals surface area contributed by atoms with Gasteiger partial charge in [0.25, 0.3) is 5.91 Å². The average molecular weight is 500 g/mol. The van der Waals surface area contributed by atoms with Crippen LogP contribution in [-0.2, 0) is 6.42 Å². The second kappa shape index (κ2) is 10.0. The van der Waals surface area contributed by atoms with Crippen LogP contribution >= 0.6 is 0 Å². The summed E-state index contributed by atoms with van der Waals surface area (Å²) in [6.07, 6.45) is 0.598. The van der Waals surface area contributed by atoms with Crippen molar-refractivity contribution in [2.45, 2.75) is 26.3 Å². The topological polar surface area (TPSA) is 78.2 Å². The molecule has 190 valence electrons. The molecule has 37 heavy (non-hydrogen) atoms. The number of methoxy groups -OCH3 is 2. The summed E-state index contributed by atoms with van der Waals surface area (Å²) in [7, 11) is 3.18. The molecule has 1 aliphatic heterocycles. The Hall–Kier alpha value is -4.26. The van der Waals surface area contributed by atoms with Crippen molar-refractivity contribution in [2.75, 3.05) is 27.4 Å². The molecule has 1 aliphatic rings. The molecule has 1 amide bonds. The van der Waals surface area contributed by atoms with E-state index in [1.165, 1.54) is 0 Å². The summed E-state index contributed by atoms with van der Waals surface area (Å²) < 4.78 is 22.8. The molecule has 0 spiro atoms. The van der Waals surface area contributed by atoms with Gasteiger partial charge in [-0.3, -0.25) is 4.79 Å². The van der Waals surface area contributed by atoms with Crippen LogP contribution in [0.15, 0.2) is 69.9 Å². The predicted octanol–water partition coefficient (Wildman–Crippen LogP) is 5.25. The maximum Gasteiger partial charge on any atom is 0.349 e. The van der Waals surface area contributed by atoms with E-state index in [0.29, 0.717) is 35.4 Å². The van der Waals surface area contributed by atoms with Crippen LogP contribution in [0, 0.1) is 13.8 Å². The minimum atomic E-state index is -0.657. The summed E-state index contributed by atoms with van der Waals surface area (Å²) in [4.78, 5) is 28.4. The zero-order valence-corrected chi connectivity index (χ0v) is 21.4. The number of nitrogens with zero attached hydrogens (tertiary/aromatic N) is 1. The van der Waals surface area contributed by atoms with E-state index in [9.17, 15) is 9.59 Å². The fourth-order valence-electron chi connectivity index (χ4n) is 5.01. The van der Waals surface area contributed by atoms with Gasteiger partial charge >= 0.3 is 5.63 Å². The highest BCUT2D eigenvalue weighted by Crippen LogP contribution is 2.39. The number of carbonyl (C=O) groups is 1. The van der Waals surface area contributed by atoms with Crippen molar-refractivity contribution < 1.29 is 23.4 Å². The van der Waals surface area contributed by atoms with Gasteiger partial charge in [0.2, 0.25) is 0 Å². The Morgan fingerprint density at radius 1 is 0.973 bits per heavy atom. The summed E-state index contributed by atoms with van der Waals surface area (Å²) in [6.45, 7) is 4.65. The third-order valence-electron chi connectivity index (χ3n) is 6.74. The molecule has 5 rings (SSSR count). The molecule has 1 atom stereocenters. The molecule has 0 unspecified atom stereocenters. The monoisotopic (exact) mass is 499 g/mol. The quantitative estimate of drug-likeness (QED) is 0.338. The highest BCUT2D eigenvalue weighted by Gasteiger charge is 2.34. The number of ether oxygens (including phenoxy) is 3. The van der Waals surface area contributed by atoms with E-state index in [4.69, 9.17) is 18.6 Å². The Morgan fingerprint density at radius 2 is 1.68 bits per heavy atom. The first-order valence-corrected chi connectivity index (χ1v) is 12.2. The molecule has 7 nitrogen and oxygen atoms in total. The SMILES string of the molecule is COc1cc2c(cc1OC)[C@@H](COc1cc(C)cc(C)c1)N(C(=O)c1cc3ccccc3oc1=O)CC2. The zero-order valence-electron chi connectivity index (χ0n) is 21.4. The molecule has 0 bridgehead atoms. The lowest BCUT2D eigenvalue weighted by Crippen LogP contribution is -2.44. The Morgan fingerprint density at radius 3 is 2.41 bits per heavy atom. The average Bonchev–Trinajstić information content (AvgIpc) is 2.89. The maximum atomic E-state index is 13.8. The minimum Gasteiger partial charge on any atom is -0.493 e. The predicted molar refractivity (Wildman–Crippen MR) is 141 cm³/mol. The number of rotatable bonds is 6. The van der Waals surface area contributed by atoms with Gasteiger partial charge in [0.1, 0.15) is 23.5 Å². The summed E-state index contributed by atoms with van der Waals surface area (Å²) in [5.41, 5.74) is 3.90. The molecule has 0 N–H and O–H groups in total. The van der Waals surface area contributed by atoms with E-state index in [0.717, 1.165) is 28.0 Å². The van der Waals surface area contributed by atoms with Crippen LogP contribution in [0.25, 0.3) is 11.0 Å². The van der Waals surface area contributed by atoms with Crippen LogP contribution in [0.4, 0.5) is 0 Å². The number of hydrogen-bond donors (Lipinski definition) is 0. The normalized spacial score (nSPS) is 14.8. The molecular weight excluding hydrogens is 470 g/mol. The number of benzene rings is 3. The minimum absolute atomic E-state index is 0.000901. The van der Waals surface area contributed by atoms with Gasteiger partial charge in [-0.25, -0.2) is 4.79 Å². The standard InChI is InChI=1S/C30H29NO6/c1-18-11-19(2)13-22(12-18)36-17-25-23-16-28(35-4)27(34-3)15-20(23)9-10-31(25)29(32)24-14-21-7-5-6-8-26(21)37-30(24)33/h5-8,11-16,25H,9-10,17H2,1-4H3/t25-/m1/s1. The van der Waals surface area contributed by atoms with Crippen LogP contribution in [0.1, 0.15) is 38.7 Å². The fourth-order valence-corrected chi connectivity index (χ4v) is 5.01. The smallest absolute Gasteiger partial charge is 0.349 e. The van der Waals surface area contributed by atoms with Crippen molar-refractivity contribution in [1.82, 2.24) is 4.90 Å². The van der Waals surface area contributed by atoms with Crippen molar-refractivity contribution in [2.24, 2.45) is 0 Å². The first-order valence-electron chi connectivity index (χ1n) is 12.2.